The molecule has 2 fully saturated rings. The number of rotatable bonds is 6. The number of amides is 4. The first kappa shape index (κ1) is 29.6. The molecule has 8 N–H and O–H groups in total. The summed E-state index contributed by atoms with van der Waals surface area (Å²) >= 11 is 0. The summed E-state index contributed by atoms with van der Waals surface area (Å²) in [5.41, 5.74) is 9.85. The molecular weight excluding hydrogens is 484 g/mol. The van der Waals surface area contributed by atoms with Gasteiger partial charge in [-0.05, 0) is 93.2 Å². The summed E-state index contributed by atoms with van der Waals surface area (Å²) in [5, 5.41) is 12.6. The summed E-state index contributed by atoms with van der Waals surface area (Å²) in [6.45, 7) is 16.2. The van der Waals surface area contributed by atoms with E-state index in [0.717, 1.165) is 12.8 Å². The van der Waals surface area contributed by atoms with Crippen molar-refractivity contribution in [1.29, 1.82) is 0 Å². The van der Waals surface area contributed by atoms with Gasteiger partial charge >= 0.3 is 0 Å². The SMILES string of the molecule is CC1(C)CCC(C(=O)Nc2ccc(C(N)=O)c(NC(=O)C3CCC(C)(C)NC3(C)C)c2C(N)=O)C(C)(C)N1. The van der Waals surface area contributed by atoms with Crippen LogP contribution in [0.2, 0.25) is 0 Å². The quantitative estimate of drug-likeness (QED) is 0.332. The topological polar surface area (TPSA) is 168 Å². The van der Waals surface area contributed by atoms with Crippen molar-refractivity contribution in [2.24, 2.45) is 23.3 Å². The zero-order chi connectivity index (χ0) is 28.8. The molecule has 2 saturated heterocycles. The number of benzene rings is 1. The lowest BCUT2D eigenvalue weighted by molar-refractivity contribution is -0.124. The van der Waals surface area contributed by atoms with E-state index in [2.05, 4.69) is 49.0 Å². The molecule has 10 heteroatoms. The van der Waals surface area contributed by atoms with E-state index in [4.69, 9.17) is 11.5 Å². The Morgan fingerprint density at radius 3 is 1.58 bits per heavy atom. The van der Waals surface area contributed by atoms with Gasteiger partial charge in [-0.1, -0.05) is 0 Å². The average molecular weight is 529 g/mol. The van der Waals surface area contributed by atoms with E-state index in [1.54, 1.807) is 0 Å². The Labute approximate surface area is 225 Å². The molecular formula is C28H44N6O4. The fourth-order valence-electron chi connectivity index (χ4n) is 6.42. The minimum atomic E-state index is -0.900. The third kappa shape index (κ3) is 6.18. The zero-order valence-corrected chi connectivity index (χ0v) is 23.9. The Balaban J connectivity index is 1.97. The van der Waals surface area contributed by atoms with Crippen molar-refractivity contribution in [1.82, 2.24) is 10.6 Å². The number of anilines is 2. The Morgan fingerprint density at radius 1 is 0.737 bits per heavy atom. The van der Waals surface area contributed by atoms with Gasteiger partial charge in [0.05, 0.1) is 34.3 Å². The second kappa shape index (κ2) is 9.96. The predicted molar refractivity (Wildman–Crippen MR) is 149 cm³/mol. The molecule has 2 atom stereocenters. The summed E-state index contributed by atoms with van der Waals surface area (Å²) in [7, 11) is 0. The van der Waals surface area contributed by atoms with Crippen molar-refractivity contribution in [3.63, 3.8) is 0 Å². The maximum atomic E-state index is 13.5. The van der Waals surface area contributed by atoms with Crippen LogP contribution in [0.3, 0.4) is 0 Å². The fourth-order valence-corrected chi connectivity index (χ4v) is 6.42. The highest BCUT2D eigenvalue weighted by Crippen LogP contribution is 2.37. The van der Waals surface area contributed by atoms with Gasteiger partial charge in [0, 0.05) is 22.2 Å². The van der Waals surface area contributed by atoms with E-state index in [9.17, 15) is 19.2 Å². The Kier molecular flexibility index (Phi) is 7.75. The maximum absolute atomic E-state index is 13.5. The van der Waals surface area contributed by atoms with Crippen molar-refractivity contribution in [3.8, 4) is 0 Å². The van der Waals surface area contributed by atoms with Crippen LogP contribution in [0.15, 0.2) is 12.1 Å². The van der Waals surface area contributed by atoms with Crippen molar-refractivity contribution in [3.05, 3.63) is 23.3 Å². The molecule has 38 heavy (non-hydrogen) atoms. The number of carbonyl (C=O) groups excluding carboxylic acids is 4. The van der Waals surface area contributed by atoms with Crippen molar-refractivity contribution in [2.75, 3.05) is 10.6 Å². The lowest BCUT2D eigenvalue weighted by Gasteiger charge is -2.47. The van der Waals surface area contributed by atoms with Crippen LogP contribution in [0.4, 0.5) is 11.4 Å². The molecule has 0 aromatic heterocycles. The molecule has 2 aliphatic heterocycles. The van der Waals surface area contributed by atoms with E-state index >= 15 is 0 Å². The standard InChI is InChI=1S/C28H44N6O4/c1-25(2)13-11-16(27(5,6)33-25)23(37)31-18-10-9-15(21(29)35)20(19(18)22(30)36)32-24(38)17-12-14-26(3,4)34-28(17,7)8/h9-10,16-17,33-34H,11-14H2,1-8H3,(H2,29,35)(H2,30,36)(H,31,37)(H,32,38). The molecule has 2 aliphatic rings. The molecule has 0 radical (unpaired) electrons. The minimum absolute atomic E-state index is 0.0616. The summed E-state index contributed by atoms with van der Waals surface area (Å²) in [6, 6.07) is 2.82. The van der Waals surface area contributed by atoms with Gasteiger partial charge in [-0.25, -0.2) is 0 Å². The highest BCUT2D eigenvalue weighted by atomic mass is 16.2. The van der Waals surface area contributed by atoms with Gasteiger partial charge in [0.15, 0.2) is 0 Å². The number of hydrogen-bond acceptors (Lipinski definition) is 6. The predicted octanol–water partition coefficient (Wildman–Crippen LogP) is 2.88. The Bertz CT molecular complexity index is 1150. The summed E-state index contributed by atoms with van der Waals surface area (Å²) in [5.74, 6) is -3.23. The van der Waals surface area contributed by atoms with E-state index in [1.807, 2.05) is 27.7 Å². The molecule has 1 aromatic rings. The van der Waals surface area contributed by atoms with Gasteiger partial charge in [-0.2, -0.15) is 0 Å². The van der Waals surface area contributed by atoms with Crippen molar-refractivity contribution < 1.29 is 19.2 Å². The third-order valence-corrected chi connectivity index (χ3v) is 8.04. The van der Waals surface area contributed by atoms with Crippen LogP contribution in [0.5, 0.6) is 0 Å². The normalized spacial score (nSPS) is 25.2. The van der Waals surface area contributed by atoms with Crippen LogP contribution >= 0.6 is 0 Å². The molecule has 0 saturated carbocycles. The lowest BCUT2D eigenvalue weighted by Crippen LogP contribution is -2.62. The van der Waals surface area contributed by atoms with Crippen LogP contribution in [-0.4, -0.2) is 45.8 Å². The van der Waals surface area contributed by atoms with E-state index in [-0.39, 0.29) is 51.3 Å². The van der Waals surface area contributed by atoms with Gasteiger partial charge in [0.1, 0.15) is 0 Å². The van der Waals surface area contributed by atoms with Crippen LogP contribution in [0.1, 0.15) is 102 Å². The van der Waals surface area contributed by atoms with Crippen molar-refractivity contribution in [2.45, 2.75) is 103 Å². The van der Waals surface area contributed by atoms with Gasteiger partial charge in [0.2, 0.25) is 11.8 Å². The molecule has 2 heterocycles. The largest absolute Gasteiger partial charge is 0.366 e. The Morgan fingerprint density at radius 2 is 1.18 bits per heavy atom. The lowest BCUT2D eigenvalue weighted by atomic mass is 9.74. The van der Waals surface area contributed by atoms with Crippen LogP contribution in [-0.2, 0) is 9.59 Å². The van der Waals surface area contributed by atoms with Gasteiger partial charge in [0.25, 0.3) is 11.8 Å². The summed E-state index contributed by atoms with van der Waals surface area (Å²) in [6.07, 6.45) is 2.81. The number of hydrogen-bond donors (Lipinski definition) is 6. The fraction of sp³-hybridized carbons (Fsp3) is 0.643. The molecule has 210 valence electrons. The number of carbonyl (C=O) groups is 4. The maximum Gasteiger partial charge on any atom is 0.252 e. The molecule has 0 spiro atoms. The minimum Gasteiger partial charge on any atom is -0.366 e. The monoisotopic (exact) mass is 528 g/mol. The number of nitrogens with one attached hydrogen (secondary N) is 4. The first-order chi connectivity index (χ1) is 17.3. The van der Waals surface area contributed by atoms with Crippen LogP contribution in [0.25, 0.3) is 0 Å². The van der Waals surface area contributed by atoms with E-state index < -0.39 is 28.8 Å². The first-order valence-corrected chi connectivity index (χ1v) is 13.2. The second-order valence-electron chi connectivity index (χ2n) is 13.3. The van der Waals surface area contributed by atoms with Crippen LogP contribution in [0, 0.1) is 11.8 Å². The highest BCUT2D eigenvalue weighted by molar-refractivity contribution is 6.15. The molecule has 1 aromatic carbocycles. The smallest absolute Gasteiger partial charge is 0.252 e. The first-order valence-electron chi connectivity index (χ1n) is 13.2. The van der Waals surface area contributed by atoms with Gasteiger partial charge < -0.3 is 32.7 Å². The Hall–Kier alpha value is -2.98. The van der Waals surface area contributed by atoms with Gasteiger partial charge in [-0.15, -0.1) is 0 Å². The average Bonchev–Trinajstić information content (AvgIpc) is 2.70. The molecule has 10 nitrogen and oxygen atoms in total. The number of nitrogens with two attached hydrogens (primary N) is 2. The molecule has 3 rings (SSSR count). The van der Waals surface area contributed by atoms with E-state index in [0.29, 0.717) is 12.8 Å². The van der Waals surface area contributed by atoms with Crippen LogP contribution < -0.4 is 32.7 Å². The number of piperidine rings is 2. The second-order valence-corrected chi connectivity index (χ2v) is 13.3. The molecule has 0 bridgehead atoms. The molecule has 2 unspecified atom stereocenters. The molecule has 0 aliphatic carbocycles. The van der Waals surface area contributed by atoms with Crippen molar-refractivity contribution >= 4 is 35.0 Å². The highest BCUT2D eigenvalue weighted by Gasteiger charge is 2.45. The third-order valence-electron chi connectivity index (χ3n) is 8.04. The van der Waals surface area contributed by atoms with Gasteiger partial charge in [-0.3, -0.25) is 19.2 Å². The summed E-state index contributed by atoms with van der Waals surface area (Å²) in [4.78, 5) is 51.9. The zero-order valence-electron chi connectivity index (χ0n) is 23.9. The number of primary amides is 2. The summed E-state index contributed by atoms with van der Waals surface area (Å²) < 4.78 is 0. The van der Waals surface area contributed by atoms with E-state index in [1.165, 1.54) is 12.1 Å². The molecule has 4 amide bonds.